The molecule has 18 heavy (non-hydrogen) atoms. The third-order valence-electron chi connectivity index (χ3n) is 2.16. The van der Waals surface area contributed by atoms with Gasteiger partial charge in [0.2, 0.25) is 0 Å². The minimum Gasteiger partial charge on any atom is -0.402 e. The molecule has 1 aromatic rings. The summed E-state index contributed by atoms with van der Waals surface area (Å²) in [5.41, 5.74) is 0.669. The van der Waals surface area contributed by atoms with Gasteiger partial charge in [0, 0.05) is 10.5 Å². The molecule has 0 aromatic heterocycles. The van der Waals surface area contributed by atoms with Gasteiger partial charge in [-0.05, 0) is 64.0 Å². The van der Waals surface area contributed by atoms with E-state index in [0.29, 0.717) is 0 Å². The zero-order valence-electron chi connectivity index (χ0n) is 12.1. The van der Waals surface area contributed by atoms with Gasteiger partial charge in [-0.25, -0.2) is 0 Å². The van der Waals surface area contributed by atoms with Gasteiger partial charge < -0.3 is 4.43 Å². The zero-order valence-corrected chi connectivity index (χ0v) is 13.9. The summed E-state index contributed by atoms with van der Waals surface area (Å²) in [7, 11) is -1.55. The second-order valence-corrected chi connectivity index (χ2v) is 11.0. The second kappa shape index (κ2) is 5.97. The van der Waals surface area contributed by atoms with Crippen LogP contribution in [0.15, 0.2) is 29.2 Å². The largest absolute Gasteiger partial charge is 0.402 e. The topological polar surface area (TPSA) is 9.23 Å². The van der Waals surface area contributed by atoms with Gasteiger partial charge in [0.25, 0.3) is 0 Å². The highest BCUT2D eigenvalue weighted by Gasteiger charge is 2.25. The molecule has 0 saturated carbocycles. The van der Waals surface area contributed by atoms with E-state index in [2.05, 4.69) is 62.0 Å². The maximum atomic E-state index is 6.05. The molecular formula is C15H22OSSi. The van der Waals surface area contributed by atoms with Crippen molar-refractivity contribution in [3.8, 4) is 11.8 Å². The average molecular weight is 278 g/mol. The van der Waals surface area contributed by atoms with Gasteiger partial charge in [0.05, 0.1) is 0 Å². The van der Waals surface area contributed by atoms with Gasteiger partial charge in [-0.2, -0.15) is 0 Å². The molecule has 0 N–H and O–H groups in total. The lowest BCUT2D eigenvalue weighted by Gasteiger charge is -2.28. The third kappa shape index (κ3) is 5.77. The zero-order chi connectivity index (χ0) is 13.8. The van der Waals surface area contributed by atoms with E-state index >= 15 is 0 Å². The van der Waals surface area contributed by atoms with Crippen molar-refractivity contribution in [2.75, 3.05) is 6.26 Å². The molecule has 0 spiro atoms. The molecule has 0 amide bonds. The Labute approximate surface area is 116 Å². The van der Waals surface area contributed by atoms with Crippen LogP contribution in [0.5, 0.6) is 0 Å². The summed E-state index contributed by atoms with van der Waals surface area (Å²) < 4.78 is 6.05. The molecule has 0 atom stereocenters. The minimum absolute atomic E-state index is 0.372. The number of thioether (sulfide) groups is 1. The predicted octanol–water partition coefficient (Wildman–Crippen LogP) is 4.39. The van der Waals surface area contributed by atoms with E-state index in [9.17, 15) is 0 Å². The average Bonchev–Trinajstić information content (AvgIpc) is 2.24. The SMILES string of the molecule is CSc1ccc(C#CC(C)(C)O[Si](C)(C)C)cc1. The highest BCUT2D eigenvalue weighted by atomic mass is 32.2. The van der Waals surface area contributed by atoms with E-state index in [1.807, 2.05) is 13.8 Å². The molecule has 0 radical (unpaired) electrons. The van der Waals surface area contributed by atoms with Gasteiger partial charge in [-0.15, -0.1) is 11.8 Å². The van der Waals surface area contributed by atoms with Crippen molar-refractivity contribution in [1.29, 1.82) is 0 Å². The molecule has 0 aliphatic heterocycles. The maximum absolute atomic E-state index is 6.05. The first-order valence-electron chi connectivity index (χ1n) is 6.09. The third-order valence-corrected chi connectivity index (χ3v) is 4.03. The fraction of sp³-hybridized carbons (Fsp3) is 0.467. The van der Waals surface area contributed by atoms with Crippen molar-refractivity contribution in [3.05, 3.63) is 29.8 Å². The lowest BCUT2D eigenvalue weighted by atomic mass is 10.1. The van der Waals surface area contributed by atoms with Crippen LogP contribution in [0.25, 0.3) is 0 Å². The van der Waals surface area contributed by atoms with Crippen molar-refractivity contribution in [2.45, 2.75) is 44.0 Å². The summed E-state index contributed by atoms with van der Waals surface area (Å²) >= 11 is 1.74. The van der Waals surface area contributed by atoms with Crippen LogP contribution in [0.3, 0.4) is 0 Å². The molecule has 0 bridgehead atoms. The van der Waals surface area contributed by atoms with Gasteiger partial charge in [-0.3, -0.25) is 0 Å². The second-order valence-electron chi connectivity index (χ2n) is 5.70. The quantitative estimate of drug-likeness (QED) is 0.461. The Morgan fingerprint density at radius 2 is 1.67 bits per heavy atom. The normalized spacial score (nSPS) is 11.9. The Bertz CT molecular complexity index is 446. The van der Waals surface area contributed by atoms with Crippen molar-refractivity contribution in [2.24, 2.45) is 0 Å². The molecule has 98 valence electrons. The number of hydrogen-bond donors (Lipinski definition) is 0. The fourth-order valence-electron chi connectivity index (χ4n) is 1.69. The van der Waals surface area contributed by atoms with E-state index in [4.69, 9.17) is 4.43 Å². The van der Waals surface area contributed by atoms with Gasteiger partial charge in [-0.1, -0.05) is 11.8 Å². The number of hydrogen-bond acceptors (Lipinski definition) is 2. The highest BCUT2D eigenvalue weighted by molar-refractivity contribution is 7.98. The summed E-state index contributed by atoms with van der Waals surface area (Å²) in [6.45, 7) is 10.6. The van der Waals surface area contributed by atoms with Crippen LogP contribution in [0, 0.1) is 11.8 Å². The van der Waals surface area contributed by atoms with Crippen LogP contribution in [-0.4, -0.2) is 20.2 Å². The van der Waals surface area contributed by atoms with Crippen LogP contribution in [-0.2, 0) is 4.43 Å². The van der Waals surface area contributed by atoms with Crippen molar-refractivity contribution < 1.29 is 4.43 Å². The molecule has 0 fully saturated rings. The van der Waals surface area contributed by atoms with Crippen LogP contribution >= 0.6 is 11.8 Å². The van der Waals surface area contributed by atoms with Crippen LogP contribution in [0.1, 0.15) is 19.4 Å². The fourth-order valence-corrected chi connectivity index (χ4v) is 3.68. The lowest BCUT2D eigenvalue weighted by molar-refractivity contribution is 0.164. The Morgan fingerprint density at radius 3 is 2.11 bits per heavy atom. The first-order valence-corrected chi connectivity index (χ1v) is 10.7. The summed E-state index contributed by atoms with van der Waals surface area (Å²) in [5, 5.41) is 0. The van der Waals surface area contributed by atoms with E-state index in [-0.39, 0.29) is 5.60 Å². The maximum Gasteiger partial charge on any atom is 0.185 e. The monoisotopic (exact) mass is 278 g/mol. The Kier molecular flexibility index (Phi) is 5.09. The predicted molar refractivity (Wildman–Crippen MR) is 83.6 cm³/mol. The molecule has 3 heteroatoms. The van der Waals surface area contributed by atoms with Crippen LogP contribution < -0.4 is 0 Å². The standard InChI is InChI=1S/C15H22OSSi/c1-15(2,16-18(4,5)6)12-11-13-7-9-14(17-3)10-8-13/h7-10H,1-6H3. The number of rotatable bonds is 3. The highest BCUT2D eigenvalue weighted by Crippen LogP contribution is 2.17. The first kappa shape index (κ1) is 15.4. The molecule has 0 aliphatic rings. The first-order chi connectivity index (χ1) is 8.22. The smallest absolute Gasteiger partial charge is 0.185 e. The molecule has 0 aliphatic carbocycles. The summed E-state index contributed by atoms with van der Waals surface area (Å²) in [6.07, 6.45) is 2.07. The van der Waals surface area contributed by atoms with Crippen molar-refractivity contribution in [1.82, 2.24) is 0 Å². The van der Waals surface area contributed by atoms with Crippen molar-refractivity contribution >= 4 is 20.1 Å². The van der Waals surface area contributed by atoms with Crippen LogP contribution in [0.2, 0.25) is 19.6 Å². The van der Waals surface area contributed by atoms with Gasteiger partial charge in [0.1, 0.15) is 5.60 Å². The molecule has 0 heterocycles. The Hall–Kier alpha value is -0.693. The summed E-state index contributed by atoms with van der Waals surface area (Å²) in [4.78, 5) is 1.26. The summed E-state index contributed by atoms with van der Waals surface area (Å²) in [6, 6.07) is 8.31. The summed E-state index contributed by atoms with van der Waals surface area (Å²) in [5.74, 6) is 6.42. The van der Waals surface area contributed by atoms with E-state index in [0.717, 1.165) is 5.56 Å². The number of benzene rings is 1. The molecule has 0 unspecified atom stereocenters. The molecule has 1 nitrogen and oxygen atoms in total. The lowest BCUT2D eigenvalue weighted by Crippen LogP contribution is -2.37. The van der Waals surface area contributed by atoms with Gasteiger partial charge >= 0.3 is 0 Å². The van der Waals surface area contributed by atoms with E-state index < -0.39 is 8.32 Å². The Balaban J connectivity index is 2.80. The van der Waals surface area contributed by atoms with E-state index in [1.54, 1.807) is 11.8 Å². The molecule has 0 saturated heterocycles. The van der Waals surface area contributed by atoms with Gasteiger partial charge in [0.15, 0.2) is 8.32 Å². The van der Waals surface area contributed by atoms with E-state index in [1.165, 1.54) is 4.90 Å². The van der Waals surface area contributed by atoms with Crippen LogP contribution in [0.4, 0.5) is 0 Å². The minimum atomic E-state index is -1.55. The van der Waals surface area contributed by atoms with Crippen molar-refractivity contribution in [3.63, 3.8) is 0 Å². The molecule has 1 aromatic carbocycles. The Morgan fingerprint density at radius 1 is 1.11 bits per heavy atom. The molecular weight excluding hydrogens is 256 g/mol. The molecule has 1 rings (SSSR count).